The van der Waals surface area contributed by atoms with Gasteiger partial charge in [-0.25, -0.2) is 4.68 Å². The summed E-state index contributed by atoms with van der Waals surface area (Å²) >= 11 is 5.91. The molecule has 1 aliphatic rings. The lowest BCUT2D eigenvalue weighted by Gasteiger charge is -2.37. The number of aliphatic hydroxyl groups excluding tert-OH is 1. The van der Waals surface area contributed by atoms with Gasteiger partial charge in [-0.3, -0.25) is 4.79 Å². The van der Waals surface area contributed by atoms with Crippen LogP contribution < -0.4 is 0 Å². The Morgan fingerprint density at radius 3 is 2.79 bits per heavy atom. The molecule has 2 unspecified atom stereocenters. The molecule has 1 N–H and O–H groups in total. The summed E-state index contributed by atoms with van der Waals surface area (Å²) in [5.41, 5.74) is 2.05. The van der Waals surface area contributed by atoms with Crippen LogP contribution in [0.1, 0.15) is 23.0 Å². The molecule has 2 aromatic rings. The number of aliphatic hydroxyl groups is 1. The van der Waals surface area contributed by atoms with Crippen LogP contribution >= 0.6 is 11.6 Å². The maximum atomic E-state index is 12.9. The fourth-order valence-corrected chi connectivity index (χ4v) is 2.89. The van der Waals surface area contributed by atoms with Crippen molar-refractivity contribution in [2.75, 3.05) is 19.8 Å². The van der Waals surface area contributed by atoms with Crippen molar-refractivity contribution < 1.29 is 14.6 Å². The largest absolute Gasteiger partial charge is 0.394 e. The van der Waals surface area contributed by atoms with Gasteiger partial charge in [0.2, 0.25) is 0 Å². The molecule has 1 aromatic heterocycles. The number of rotatable bonds is 3. The highest BCUT2D eigenvalue weighted by Crippen LogP contribution is 2.19. The average Bonchev–Trinajstić information content (AvgIpc) is 2.97. The molecular weight excluding hydrogens is 330 g/mol. The van der Waals surface area contributed by atoms with Crippen molar-refractivity contribution in [2.45, 2.75) is 26.0 Å². The van der Waals surface area contributed by atoms with Crippen LogP contribution in [-0.2, 0) is 4.74 Å². The van der Waals surface area contributed by atoms with Crippen molar-refractivity contribution >= 4 is 17.5 Å². The van der Waals surface area contributed by atoms with Crippen LogP contribution in [-0.4, -0.2) is 57.6 Å². The number of aryl methyl sites for hydroxylation is 1. The Bertz CT molecular complexity index is 729. The molecule has 7 heteroatoms. The van der Waals surface area contributed by atoms with E-state index < -0.39 is 0 Å². The molecule has 24 heavy (non-hydrogen) atoms. The highest BCUT2D eigenvalue weighted by molar-refractivity contribution is 6.30. The quantitative estimate of drug-likeness (QED) is 0.921. The molecule has 1 amide bonds. The second-order valence-corrected chi connectivity index (χ2v) is 6.43. The van der Waals surface area contributed by atoms with Gasteiger partial charge in [-0.2, -0.15) is 5.10 Å². The molecule has 3 rings (SSSR count). The lowest BCUT2D eigenvalue weighted by molar-refractivity contribution is -0.0667. The SMILES string of the molecule is Cc1nn(-c2ccc(Cl)cc2)cc1C(=O)N1CC(CO)OCC1C. The normalized spacial score (nSPS) is 21.1. The number of aromatic nitrogens is 2. The van der Waals surface area contributed by atoms with E-state index in [9.17, 15) is 9.90 Å². The van der Waals surface area contributed by atoms with Gasteiger partial charge in [0.05, 0.1) is 42.3 Å². The molecule has 1 fully saturated rings. The molecule has 6 nitrogen and oxygen atoms in total. The minimum atomic E-state index is -0.336. The third-order valence-corrected chi connectivity index (χ3v) is 4.44. The van der Waals surface area contributed by atoms with Gasteiger partial charge in [0.15, 0.2) is 0 Å². The summed E-state index contributed by atoms with van der Waals surface area (Å²) in [7, 11) is 0. The summed E-state index contributed by atoms with van der Waals surface area (Å²) in [6.07, 6.45) is 1.40. The van der Waals surface area contributed by atoms with Crippen LogP contribution in [0, 0.1) is 6.92 Å². The minimum Gasteiger partial charge on any atom is -0.394 e. The van der Waals surface area contributed by atoms with E-state index in [0.717, 1.165) is 5.69 Å². The molecule has 1 aliphatic heterocycles. The zero-order valence-corrected chi connectivity index (χ0v) is 14.4. The summed E-state index contributed by atoms with van der Waals surface area (Å²) < 4.78 is 7.17. The molecule has 0 bridgehead atoms. The van der Waals surface area contributed by atoms with Gasteiger partial charge in [-0.15, -0.1) is 0 Å². The van der Waals surface area contributed by atoms with Crippen LogP contribution in [0.15, 0.2) is 30.5 Å². The minimum absolute atomic E-state index is 0.0430. The first-order chi connectivity index (χ1) is 11.5. The van der Waals surface area contributed by atoms with Crippen molar-refractivity contribution in [3.63, 3.8) is 0 Å². The van der Waals surface area contributed by atoms with E-state index in [4.69, 9.17) is 16.3 Å². The number of morpholine rings is 1. The third-order valence-electron chi connectivity index (χ3n) is 4.19. The van der Waals surface area contributed by atoms with Crippen LogP contribution in [0.5, 0.6) is 0 Å². The van der Waals surface area contributed by atoms with Gasteiger partial charge in [0.25, 0.3) is 5.91 Å². The topological polar surface area (TPSA) is 67.6 Å². The zero-order valence-electron chi connectivity index (χ0n) is 13.6. The third kappa shape index (κ3) is 3.31. The van der Waals surface area contributed by atoms with E-state index in [1.54, 1.807) is 27.9 Å². The summed E-state index contributed by atoms with van der Waals surface area (Å²) in [6, 6.07) is 7.22. The summed E-state index contributed by atoms with van der Waals surface area (Å²) in [5.74, 6) is -0.0954. The van der Waals surface area contributed by atoms with Gasteiger partial charge >= 0.3 is 0 Å². The van der Waals surface area contributed by atoms with E-state index in [2.05, 4.69) is 5.10 Å². The maximum absolute atomic E-state index is 12.9. The van der Waals surface area contributed by atoms with Crippen molar-refractivity contribution in [1.82, 2.24) is 14.7 Å². The van der Waals surface area contributed by atoms with Gasteiger partial charge in [-0.05, 0) is 38.1 Å². The predicted molar refractivity (Wildman–Crippen MR) is 90.6 cm³/mol. The molecule has 0 spiro atoms. The number of hydrogen-bond acceptors (Lipinski definition) is 4. The highest BCUT2D eigenvalue weighted by Gasteiger charge is 2.31. The molecular formula is C17H20ClN3O3. The first-order valence-corrected chi connectivity index (χ1v) is 8.23. The number of amides is 1. The standard InChI is InChI=1S/C17H20ClN3O3/c1-11-10-24-15(9-22)7-20(11)17(23)16-8-21(19-12(16)2)14-5-3-13(18)4-6-14/h3-6,8,11,15,22H,7,9-10H2,1-2H3. The molecule has 1 aromatic carbocycles. The average molecular weight is 350 g/mol. The van der Waals surface area contributed by atoms with Crippen LogP contribution in [0.2, 0.25) is 5.02 Å². The second kappa shape index (κ2) is 6.93. The second-order valence-electron chi connectivity index (χ2n) is 5.99. The molecule has 2 heterocycles. The predicted octanol–water partition coefficient (Wildman–Crippen LogP) is 2.06. The number of ether oxygens (including phenoxy) is 1. The Morgan fingerprint density at radius 2 is 2.12 bits per heavy atom. The molecule has 1 saturated heterocycles. The Kier molecular flexibility index (Phi) is 4.89. The van der Waals surface area contributed by atoms with Crippen LogP contribution in [0.4, 0.5) is 0 Å². The van der Waals surface area contributed by atoms with Crippen LogP contribution in [0.25, 0.3) is 5.69 Å². The van der Waals surface area contributed by atoms with E-state index in [1.807, 2.05) is 26.0 Å². The molecule has 2 atom stereocenters. The molecule has 0 aliphatic carbocycles. The number of benzene rings is 1. The summed E-state index contributed by atoms with van der Waals surface area (Å²) in [4.78, 5) is 14.6. The Hall–Kier alpha value is -1.89. The van der Waals surface area contributed by atoms with Crippen LogP contribution in [0.3, 0.4) is 0 Å². The van der Waals surface area contributed by atoms with Gasteiger partial charge in [0, 0.05) is 17.8 Å². The number of carbonyl (C=O) groups is 1. The Morgan fingerprint density at radius 1 is 1.42 bits per heavy atom. The first kappa shape index (κ1) is 17.0. The highest BCUT2D eigenvalue weighted by atomic mass is 35.5. The Balaban J connectivity index is 1.86. The van der Waals surface area contributed by atoms with E-state index in [0.29, 0.717) is 29.4 Å². The van der Waals surface area contributed by atoms with Crippen molar-refractivity contribution in [2.24, 2.45) is 0 Å². The maximum Gasteiger partial charge on any atom is 0.257 e. The van der Waals surface area contributed by atoms with Crippen molar-refractivity contribution in [3.05, 3.63) is 46.7 Å². The first-order valence-electron chi connectivity index (χ1n) is 7.85. The number of nitrogens with zero attached hydrogens (tertiary/aromatic N) is 3. The fourth-order valence-electron chi connectivity index (χ4n) is 2.76. The van der Waals surface area contributed by atoms with E-state index >= 15 is 0 Å². The lowest BCUT2D eigenvalue weighted by atomic mass is 10.1. The zero-order chi connectivity index (χ0) is 17.3. The monoisotopic (exact) mass is 349 g/mol. The fraction of sp³-hybridized carbons (Fsp3) is 0.412. The van der Waals surface area contributed by atoms with E-state index in [-0.39, 0.29) is 24.7 Å². The smallest absolute Gasteiger partial charge is 0.257 e. The molecule has 0 saturated carbocycles. The molecule has 0 radical (unpaired) electrons. The van der Waals surface area contributed by atoms with Gasteiger partial charge < -0.3 is 14.7 Å². The lowest BCUT2D eigenvalue weighted by Crippen LogP contribution is -2.52. The number of halogens is 1. The number of carbonyl (C=O) groups excluding carboxylic acids is 1. The summed E-state index contributed by atoms with van der Waals surface area (Å²) in [5, 5.41) is 14.4. The Labute approximate surface area is 145 Å². The number of hydrogen-bond donors (Lipinski definition) is 1. The van der Waals surface area contributed by atoms with Gasteiger partial charge in [0.1, 0.15) is 0 Å². The van der Waals surface area contributed by atoms with E-state index in [1.165, 1.54) is 0 Å². The summed E-state index contributed by atoms with van der Waals surface area (Å²) in [6.45, 7) is 4.45. The van der Waals surface area contributed by atoms with Crippen molar-refractivity contribution in [3.8, 4) is 5.69 Å². The van der Waals surface area contributed by atoms with Crippen molar-refractivity contribution in [1.29, 1.82) is 0 Å². The molecule has 128 valence electrons. The van der Waals surface area contributed by atoms with Gasteiger partial charge in [-0.1, -0.05) is 11.6 Å².